The number of fused-ring (bicyclic) bond motifs is 10. The van der Waals surface area contributed by atoms with Crippen LogP contribution >= 0.6 is 0 Å². The number of hydrogen-bond donors (Lipinski definition) is 0. The topological polar surface area (TPSA) is 56.7 Å². The second-order valence-electron chi connectivity index (χ2n) is 14.4. The van der Waals surface area contributed by atoms with Gasteiger partial charge in [-0.05, 0) is 76.9 Å². The molecular formula is C48H32N4O. The molecule has 1 aliphatic rings. The Morgan fingerprint density at radius 2 is 1.09 bits per heavy atom. The minimum atomic E-state index is -0.119. The van der Waals surface area contributed by atoms with Gasteiger partial charge in [0.15, 0.2) is 17.5 Å². The van der Waals surface area contributed by atoms with Gasteiger partial charge in [0.1, 0.15) is 11.2 Å². The number of benzene rings is 7. The fraction of sp³-hybridized carbons (Fsp3) is 0.0625. The Morgan fingerprint density at radius 1 is 0.472 bits per heavy atom. The van der Waals surface area contributed by atoms with Crippen LogP contribution in [-0.2, 0) is 5.41 Å². The summed E-state index contributed by atoms with van der Waals surface area (Å²) in [5, 5.41) is 4.75. The molecule has 0 radical (unpaired) electrons. The lowest BCUT2D eigenvalue weighted by molar-refractivity contribution is 0.666. The summed E-state index contributed by atoms with van der Waals surface area (Å²) in [6, 6.07) is 55.3. The van der Waals surface area contributed by atoms with Gasteiger partial charge in [-0.2, -0.15) is 0 Å². The van der Waals surface area contributed by atoms with Crippen molar-refractivity contribution in [2.75, 3.05) is 0 Å². The van der Waals surface area contributed by atoms with Gasteiger partial charge in [0, 0.05) is 49.3 Å². The van der Waals surface area contributed by atoms with E-state index in [-0.39, 0.29) is 5.41 Å². The van der Waals surface area contributed by atoms with Gasteiger partial charge in [-0.15, -0.1) is 0 Å². The lowest BCUT2D eigenvalue weighted by atomic mass is 9.80. The van der Waals surface area contributed by atoms with Crippen molar-refractivity contribution in [1.29, 1.82) is 0 Å². The van der Waals surface area contributed by atoms with E-state index in [9.17, 15) is 0 Å². The van der Waals surface area contributed by atoms with Gasteiger partial charge in [0.25, 0.3) is 0 Å². The SMILES string of the molecule is CC1(C)c2ccccc2-c2ccc3c(c21)c1ccccc1n3-c1ccc(-c2nc(-c3ccccc3)nc(-c3ccc4c(c3)oc3ccccc34)n2)cc1. The summed E-state index contributed by atoms with van der Waals surface area (Å²) < 4.78 is 8.63. The Kier molecular flexibility index (Phi) is 6.23. The first-order valence-corrected chi connectivity index (χ1v) is 18.0. The predicted molar refractivity (Wildman–Crippen MR) is 215 cm³/mol. The normalized spacial score (nSPS) is 13.2. The molecule has 0 N–H and O–H groups in total. The molecule has 5 heteroatoms. The second kappa shape index (κ2) is 11.1. The molecule has 7 aromatic carbocycles. The molecule has 0 saturated heterocycles. The standard InChI is InChI=1S/C48H32N4O/c1-48(2)38-17-9-6-14-33(38)36-26-27-40-43(44(36)48)37-16-7-10-18-39(37)52(40)32-23-20-30(21-24-32)46-49-45(29-12-4-3-5-13-29)50-47(51-46)31-22-25-35-34-15-8-11-19-41(34)53-42(35)28-31/h3-28H,1-2H3. The molecule has 11 rings (SSSR count). The molecule has 3 aromatic heterocycles. The van der Waals surface area contributed by atoms with Crippen molar-refractivity contribution in [1.82, 2.24) is 19.5 Å². The van der Waals surface area contributed by atoms with Crippen LogP contribution in [0.1, 0.15) is 25.0 Å². The van der Waals surface area contributed by atoms with Gasteiger partial charge < -0.3 is 8.98 Å². The van der Waals surface area contributed by atoms with Gasteiger partial charge in [0.05, 0.1) is 11.0 Å². The number of nitrogens with zero attached hydrogens (tertiary/aromatic N) is 4. The molecule has 0 atom stereocenters. The van der Waals surface area contributed by atoms with Crippen molar-refractivity contribution in [3.63, 3.8) is 0 Å². The van der Waals surface area contributed by atoms with E-state index in [0.29, 0.717) is 17.5 Å². The second-order valence-corrected chi connectivity index (χ2v) is 14.4. The molecular weight excluding hydrogens is 649 g/mol. The molecule has 1 aliphatic carbocycles. The summed E-state index contributed by atoms with van der Waals surface area (Å²) >= 11 is 0. The third-order valence-corrected chi connectivity index (χ3v) is 11.0. The molecule has 10 aromatic rings. The number of hydrogen-bond acceptors (Lipinski definition) is 4. The molecule has 0 unspecified atom stereocenters. The van der Waals surface area contributed by atoms with Crippen molar-refractivity contribution in [3.8, 4) is 51.0 Å². The highest BCUT2D eigenvalue weighted by Gasteiger charge is 2.38. The van der Waals surface area contributed by atoms with E-state index in [1.165, 1.54) is 44.1 Å². The Bertz CT molecular complexity index is 3080. The number of para-hydroxylation sites is 2. The molecule has 250 valence electrons. The maximum Gasteiger partial charge on any atom is 0.164 e. The summed E-state index contributed by atoms with van der Waals surface area (Å²) in [5.41, 5.74) is 13.2. The minimum Gasteiger partial charge on any atom is -0.456 e. The Hall–Kier alpha value is -6.85. The van der Waals surface area contributed by atoms with Crippen LogP contribution in [0.25, 0.3) is 94.7 Å². The van der Waals surface area contributed by atoms with E-state index in [2.05, 4.69) is 122 Å². The van der Waals surface area contributed by atoms with E-state index in [4.69, 9.17) is 19.4 Å². The molecule has 0 amide bonds. The lowest BCUT2D eigenvalue weighted by Gasteiger charge is -2.22. The van der Waals surface area contributed by atoms with Crippen LogP contribution in [-0.4, -0.2) is 19.5 Å². The summed E-state index contributed by atoms with van der Waals surface area (Å²) in [7, 11) is 0. The van der Waals surface area contributed by atoms with Gasteiger partial charge in [-0.25, -0.2) is 15.0 Å². The minimum absolute atomic E-state index is 0.119. The highest BCUT2D eigenvalue weighted by Crippen LogP contribution is 2.53. The van der Waals surface area contributed by atoms with Crippen LogP contribution in [0.4, 0.5) is 0 Å². The molecule has 0 aliphatic heterocycles. The van der Waals surface area contributed by atoms with Crippen molar-refractivity contribution in [2.24, 2.45) is 0 Å². The Morgan fingerprint density at radius 3 is 1.91 bits per heavy atom. The highest BCUT2D eigenvalue weighted by molar-refractivity contribution is 6.14. The molecule has 53 heavy (non-hydrogen) atoms. The van der Waals surface area contributed by atoms with E-state index < -0.39 is 0 Å². The quantitative estimate of drug-likeness (QED) is 0.186. The first kappa shape index (κ1) is 29.8. The average molecular weight is 681 g/mol. The maximum atomic E-state index is 6.23. The number of rotatable bonds is 4. The van der Waals surface area contributed by atoms with Crippen LogP contribution in [0.15, 0.2) is 162 Å². The predicted octanol–water partition coefficient (Wildman–Crippen LogP) is 12.2. The summed E-state index contributed by atoms with van der Waals surface area (Å²) in [5.74, 6) is 1.84. The van der Waals surface area contributed by atoms with Crippen LogP contribution in [0.3, 0.4) is 0 Å². The fourth-order valence-electron chi connectivity index (χ4n) is 8.58. The zero-order valence-electron chi connectivity index (χ0n) is 29.2. The van der Waals surface area contributed by atoms with Crippen molar-refractivity contribution < 1.29 is 4.42 Å². The smallest absolute Gasteiger partial charge is 0.164 e. The largest absolute Gasteiger partial charge is 0.456 e. The van der Waals surface area contributed by atoms with Crippen LogP contribution < -0.4 is 0 Å². The van der Waals surface area contributed by atoms with Crippen LogP contribution in [0.5, 0.6) is 0 Å². The fourth-order valence-corrected chi connectivity index (χ4v) is 8.58. The molecule has 5 nitrogen and oxygen atoms in total. The monoisotopic (exact) mass is 680 g/mol. The van der Waals surface area contributed by atoms with Crippen LogP contribution in [0.2, 0.25) is 0 Å². The van der Waals surface area contributed by atoms with E-state index in [0.717, 1.165) is 44.3 Å². The number of furan rings is 1. The van der Waals surface area contributed by atoms with E-state index in [1.54, 1.807) is 0 Å². The zero-order chi connectivity index (χ0) is 35.3. The van der Waals surface area contributed by atoms with E-state index >= 15 is 0 Å². The summed E-state index contributed by atoms with van der Waals surface area (Å²) in [4.78, 5) is 15.0. The van der Waals surface area contributed by atoms with Crippen molar-refractivity contribution >= 4 is 43.7 Å². The average Bonchev–Trinajstić information content (AvgIpc) is 3.83. The zero-order valence-corrected chi connectivity index (χ0v) is 29.2. The molecule has 3 heterocycles. The van der Waals surface area contributed by atoms with Crippen molar-refractivity contribution in [3.05, 3.63) is 169 Å². The molecule has 0 fully saturated rings. The molecule has 0 spiro atoms. The Balaban J connectivity index is 1.06. The number of aromatic nitrogens is 4. The lowest BCUT2D eigenvalue weighted by Crippen LogP contribution is -2.15. The van der Waals surface area contributed by atoms with Crippen molar-refractivity contribution in [2.45, 2.75) is 19.3 Å². The van der Waals surface area contributed by atoms with Gasteiger partial charge >= 0.3 is 0 Å². The van der Waals surface area contributed by atoms with Gasteiger partial charge in [0.2, 0.25) is 0 Å². The third-order valence-electron chi connectivity index (χ3n) is 11.0. The first-order chi connectivity index (χ1) is 26.0. The third kappa shape index (κ3) is 4.40. The van der Waals surface area contributed by atoms with Gasteiger partial charge in [-0.3, -0.25) is 0 Å². The summed E-state index contributed by atoms with van der Waals surface area (Å²) in [6.07, 6.45) is 0. The summed E-state index contributed by atoms with van der Waals surface area (Å²) in [6.45, 7) is 4.72. The molecule has 0 saturated carbocycles. The first-order valence-electron chi connectivity index (χ1n) is 18.0. The van der Waals surface area contributed by atoms with Crippen LogP contribution in [0, 0.1) is 0 Å². The highest BCUT2D eigenvalue weighted by atomic mass is 16.3. The maximum absolute atomic E-state index is 6.23. The van der Waals surface area contributed by atoms with Gasteiger partial charge in [-0.1, -0.05) is 117 Å². The Labute approximate surface area is 305 Å². The molecule has 0 bridgehead atoms. The van der Waals surface area contributed by atoms with E-state index in [1.807, 2.05) is 54.6 Å².